The summed E-state index contributed by atoms with van der Waals surface area (Å²) in [5, 5.41) is 12.3. The summed E-state index contributed by atoms with van der Waals surface area (Å²) in [7, 11) is -8.49. The zero-order valence-corrected chi connectivity index (χ0v) is 35.8. The Kier molecular flexibility index (Phi) is 13.3. The third kappa shape index (κ3) is 9.74. The van der Waals surface area contributed by atoms with Crippen LogP contribution < -0.4 is 20.5 Å². The smallest absolute Gasteiger partial charge is 0.407 e. The number of carbonyl (C=O) groups is 2. The van der Waals surface area contributed by atoms with Gasteiger partial charge in [0, 0.05) is 44.7 Å². The highest BCUT2D eigenvalue weighted by Crippen LogP contribution is 2.44. The number of piperazine rings is 1. The standard InChI is InChI=1S/C39H60N6O8S2/c1-22(2)28-19-29(23(3)4)35(30(20-28)24(5)6)55(51,52)42-32(36(46)44-15-17-45(18-16-44)38(47)48)13-12-14-41-37(40)43-54(49,50)34-26(8)25(7)33-31(27(34)9)21-39(10,11)53-33/h19-20,22-24,32,42H,12-18,21H2,1-11H3,(H,47,48)(H3,40,41,43). The van der Waals surface area contributed by atoms with Gasteiger partial charge in [-0.15, -0.1) is 4.40 Å². The fourth-order valence-electron chi connectivity index (χ4n) is 7.38. The highest BCUT2D eigenvalue weighted by atomic mass is 32.2. The van der Waals surface area contributed by atoms with E-state index in [1.165, 1.54) is 9.80 Å². The summed E-state index contributed by atoms with van der Waals surface area (Å²) in [6.45, 7) is 21.6. The predicted octanol–water partition coefficient (Wildman–Crippen LogP) is 5.24. The molecule has 0 aromatic heterocycles. The largest absolute Gasteiger partial charge is 0.487 e. The van der Waals surface area contributed by atoms with E-state index in [1.807, 2.05) is 60.6 Å². The maximum Gasteiger partial charge on any atom is 0.407 e. The van der Waals surface area contributed by atoms with Crippen molar-refractivity contribution in [3.05, 3.63) is 51.1 Å². The zero-order chi connectivity index (χ0) is 41.4. The Balaban J connectivity index is 1.59. The molecule has 2 heterocycles. The van der Waals surface area contributed by atoms with Crippen LogP contribution in [0.15, 0.2) is 26.3 Å². The van der Waals surface area contributed by atoms with E-state index in [-0.39, 0.29) is 79.1 Å². The SMILES string of the molecule is Cc1c(C)c(S(=O)(=O)/N=C(/N)NCCCC(NS(=O)(=O)c2c(C(C)C)cc(C(C)C)cc2C(C)C)C(=O)N2CCN(C(=O)O)CC2)c(C)c2c1OC(C)(C)C2. The van der Waals surface area contributed by atoms with Crippen molar-refractivity contribution in [3.8, 4) is 5.75 Å². The maximum absolute atomic E-state index is 14.4. The number of guanidine groups is 1. The molecule has 16 heteroatoms. The van der Waals surface area contributed by atoms with E-state index in [9.17, 15) is 31.5 Å². The first-order chi connectivity index (χ1) is 25.4. The molecule has 2 aliphatic rings. The molecular weight excluding hydrogens is 745 g/mol. The van der Waals surface area contributed by atoms with Gasteiger partial charge in [0.15, 0.2) is 0 Å². The number of hydrogen-bond donors (Lipinski definition) is 4. The van der Waals surface area contributed by atoms with Crippen LogP contribution in [0.4, 0.5) is 4.79 Å². The van der Waals surface area contributed by atoms with Crippen LogP contribution in [0.3, 0.4) is 0 Å². The number of hydrogen-bond acceptors (Lipinski definition) is 7. The van der Waals surface area contributed by atoms with E-state index in [2.05, 4.69) is 28.3 Å². The number of fused-ring (bicyclic) bond motifs is 1. The second-order valence-corrected chi connectivity index (χ2v) is 19.5. The lowest BCUT2D eigenvalue weighted by molar-refractivity contribution is -0.134. The van der Waals surface area contributed by atoms with Crippen molar-refractivity contribution in [1.29, 1.82) is 0 Å². The fraction of sp³-hybridized carbons (Fsp3) is 0.615. The van der Waals surface area contributed by atoms with Crippen molar-refractivity contribution >= 4 is 38.0 Å². The Hall–Kier alpha value is -3.89. The van der Waals surface area contributed by atoms with E-state index in [4.69, 9.17) is 10.5 Å². The molecule has 2 amide bonds. The Bertz CT molecular complexity index is 2020. The highest BCUT2D eigenvalue weighted by Gasteiger charge is 2.37. The minimum absolute atomic E-state index is 0.0420. The molecule has 1 fully saturated rings. The molecule has 0 spiro atoms. The molecule has 2 aliphatic heterocycles. The molecule has 0 radical (unpaired) electrons. The molecule has 2 aromatic rings. The molecule has 306 valence electrons. The number of carboxylic acid groups (broad SMARTS) is 1. The van der Waals surface area contributed by atoms with Gasteiger partial charge in [0.1, 0.15) is 17.4 Å². The highest BCUT2D eigenvalue weighted by molar-refractivity contribution is 7.90. The van der Waals surface area contributed by atoms with Gasteiger partial charge in [-0.05, 0) is 98.6 Å². The molecule has 5 N–H and O–H groups in total. The van der Waals surface area contributed by atoms with Gasteiger partial charge < -0.3 is 30.7 Å². The predicted molar refractivity (Wildman–Crippen MR) is 214 cm³/mol. The first kappa shape index (κ1) is 43.8. The van der Waals surface area contributed by atoms with Gasteiger partial charge in [0.2, 0.25) is 21.9 Å². The molecule has 2 aromatic carbocycles. The molecule has 4 rings (SSSR count). The lowest BCUT2D eigenvalue weighted by atomic mass is 9.89. The minimum Gasteiger partial charge on any atom is -0.487 e. The average Bonchev–Trinajstić information content (AvgIpc) is 3.42. The summed E-state index contributed by atoms with van der Waals surface area (Å²) in [6.07, 6.45) is -0.277. The lowest BCUT2D eigenvalue weighted by Gasteiger charge is -2.35. The summed E-state index contributed by atoms with van der Waals surface area (Å²) < 4.78 is 68.9. The normalized spacial score (nSPS) is 16.8. The molecular formula is C39H60N6O8S2. The van der Waals surface area contributed by atoms with Crippen LogP contribution in [0.5, 0.6) is 5.75 Å². The van der Waals surface area contributed by atoms with Crippen molar-refractivity contribution in [2.24, 2.45) is 10.1 Å². The molecule has 1 atom stereocenters. The van der Waals surface area contributed by atoms with Gasteiger partial charge in [-0.3, -0.25) is 4.79 Å². The lowest BCUT2D eigenvalue weighted by Crippen LogP contribution is -2.55. The van der Waals surface area contributed by atoms with Crippen molar-refractivity contribution in [2.75, 3.05) is 32.7 Å². The monoisotopic (exact) mass is 804 g/mol. The second kappa shape index (κ2) is 16.7. The molecule has 1 unspecified atom stereocenters. The number of amides is 2. The molecule has 0 aliphatic carbocycles. The van der Waals surface area contributed by atoms with E-state index in [0.717, 1.165) is 16.7 Å². The first-order valence-corrected chi connectivity index (χ1v) is 21.9. The maximum atomic E-state index is 14.4. The second-order valence-electron chi connectivity index (χ2n) is 16.3. The number of nitrogens with two attached hydrogens (primary N) is 1. The van der Waals surface area contributed by atoms with Gasteiger partial charge in [-0.1, -0.05) is 53.7 Å². The first-order valence-electron chi connectivity index (χ1n) is 19.0. The summed E-state index contributed by atoms with van der Waals surface area (Å²) in [5.41, 5.74) is 10.7. The number of sulfonamides is 2. The third-order valence-electron chi connectivity index (χ3n) is 10.5. The molecule has 55 heavy (non-hydrogen) atoms. The molecule has 0 bridgehead atoms. The van der Waals surface area contributed by atoms with Gasteiger partial charge in [-0.2, -0.15) is 13.1 Å². The summed E-state index contributed by atoms with van der Waals surface area (Å²) in [5.74, 6) is -0.195. The topological polar surface area (TPSA) is 201 Å². The number of nitrogens with zero attached hydrogens (tertiary/aromatic N) is 3. The average molecular weight is 805 g/mol. The van der Waals surface area contributed by atoms with E-state index >= 15 is 0 Å². The summed E-state index contributed by atoms with van der Waals surface area (Å²) in [4.78, 5) is 28.5. The van der Waals surface area contributed by atoms with Crippen molar-refractivity contribution < 1.29 is 36.3 Å². The molecule has 1 saturated heterocycles. The fourth-order valence-corrected chi connectivity index (χ4v) is 10.8. The van der Waals surface area contributed by atoms with Crippen LogP contribution >= 0.6 is 0 Å². The summed E-state index contributed by atoms with van der Waals surface area (Å²) >= 11 is 0. The van der Waals surface area contributed by atoms with Crippen molar-refractivity contribution in [1.82, 2.24) is 19.8 Å². The van der Waals surface area contributed by atoms with E-state index in [0.29, 0.717) is 34.4 Å². The Morgan fingerprint density at radius 3 is 1.93 bits per heavy atom. The number of rotatable bonds is 13. The van der Waals surface area contributed by atoms with Crippen LogP contribution in [0, 0.1) is 20.8 Å². The minimum atomic E-state index is -4.25. The third-order valence-corrected chi connectivity index (χ3v) is 13.7. The molecule has 14 nitrogen and oxygen atoms in total. The number of nitrogens with one attached hydrogen (secondary N) is 2. The van der Waals surface area contributed by atoms with Crippen LogP contribution in [-0.4, -0.2) is 94.1 Å². The number of ether oxygens (including phenoxy) is 1. The van der Waals surface area contributed by atoms with Gasteiger partial charge in [0.25, 0.3) is 10.0 Å². The van der Waals surface area contributed by atoms with E-state index in [1.54, 1.807) is 13.8 Å². The van der Waals surface area contributed by atoms with Crippen LogP contribution in [-0.2, 0) is 31.3 Å². The van der Waals surface area contributed by atoms with Crippen molar-refractivity contribution in [3.63, 3.8) is 0 Å². The van der Waals surface area contributed by atoms with E-state index < -0.39 is 43.7 Å². The molecule has 0 saturated carbocycles. The van der Waals surface area contributed by atoms with Gasteiger partial charge >= 0.3 is 6.09 Å². The van der Waals surface area contributed by atoms with Crippen molar-refractivity contribution in [2.45, 2.75) is 135 Å². The summed E-state index contributed by atoms with van der Waals surface area (Å²) in [6, 6.07) is 2.67. The zero-order valence-electron chi connectivity index (χ0n) is 34.2. The van der Waals surface area contributed by atoms with Gasteiger partial charge in [-0.25, -0.2) is 13.2 Å². The van der Waals surface area contributed by atoms with Crippen LogP contribution in [0.2, 0.25) is 0 Å². The quantitative estimate of drug-likeness (QED) is 0.118. The number of carbonyl (C=O) groups excluding carboxylic acids is 1. The van der Waals surface area contributed by atoms with Crippen LogP contribution in [0.25, 0.3) is 0 Å². The Morgan fingerprint density at radius 1 is 0.873 bits per heavy atom. The Morgan fingerprint density at radius 2 is 1.42 bits per heavy atom. The van der Waals surface area contributed by atoms with Gasteiger partial charge in [0.05, 0.1) is 9.79 Å². The van der Waals surface area contributed by atoms with Crippen LogP contribution in [0.1, 0.15) is 125 Å². The Labute approximate surface area is 327 Å². The number of benzene rings is 2.